The van der Waals surface area contributed by atoms with Gasteiger partial charge in [0.2, 0.25) is 0 Å². The molecule has 1 heterocycles. The normalized spacial score (nSPS) is 9.09. The van der Waals surface area contributed by atoms with Gasteiger partial charge in [0.15, 0.2) is 5.78 Å². The lowest BCUT2D eigenvalue weighted by Gasteiger charge is -1.94. The summed E-state index contributed by atoms with van der Waals surface area (Å²) in [7, 11) is 0. The van der Waals surface area contributed by atoms with E-state index in [1.165, 1.54) is 19.2 Å². The lowest BCUT2D eigenvalue weighted by Crippen LogP contribution is -2.12. The molecule has 4 nitrogen and oxygen atoms in total. The van der Waals surface area contributed by atoms with Crippen LogP contribution in [0.5, 0.6) is 0 Å². The summed E-state index contributed by atoms with van der Waals surface area (Å²) in [6.45, 7) is 1.40. The largest absolute Gasteiger partial charge is 0.339 e. The molecule has 0 aromatic carbocycles. The second-order valence-electron chi connectivity index (χ2n) is 2.19. The van der Waals surface area contributed by atoms with Crippen LogP contribution in [0.4, 0.5) is 0 Å². The molecule has 0 radical (unpaired) electrons. The molecule has 1 rings (SSSR count). The van der Waals surface area contributed by atoms with Crippen LogP contribution in [0.1, 0.15) is 23.0 Å². The zero-order valence-corrected chi connectivity index (χ0v) is 6.03. The van der Waals surface area contributed by atoms with Gasteiger partial charge in [0, 0.05) is 13.1 Å². The summed E-state index contributed by atoms with van der Waals surface area (Å²) in [6, 6.07) is 3.35. The second kappa shape index (κ2) is 2.46. The Morgan fingerprint density at radius 3 is 2.73 bits per heavy atom. The van der Waals surface area contributed by atoms with Crippen LogP contribution in [-0.2, 0) is 0 Å². The molecule has 0 aliphatic carbocycles. The molecule has 0 spiro atoms. The van der Waals surface area contributed by atoms with Crippen molar-refractivity contribution in [3.63, 3.8) is 0 Å². The number of nitrogens with zero attached hydrogens (tertiary/aromatic N) is 2. The molecule has 0 saturated heterocycles. The molecule has 2 N–H and O–H groups in total. The zero-order chi connectivity index (χ0) is 8.43. The quantitative estimate of drug-likeness (QED) is 0.460. The Hall–Kier alpha value is -1.76. The van der Waals surface area contributed by atoms with E-state index in [1.807, 2.05) is 6.07 Å². The van der Waals surface area contributed by atoms with Gasteiger partial charge < -0.3 is 5.84 Å². The van der Waals surface area contributed by atoms with Gasteiger partial charge in [-0.1, -0.05) is 0 Å². The first-order valence-corrected chi connectivity index (χ1v) is 3.03. The van der Waals surface area contributed by atoms with Crippen molar-refractivity contribution < 1.29 is 4.79 Å². The molecular weight excluding hydrogens is 142 g/mol. The number of rotatable bonds is 1. The summed E-state index contributed by atoms with van der Waals surface area (Å²) < 4.78 is 1.15. The standard InChI is InChI=1S/C7H7N3O/c1-5(11)7-2-6(3-8)4-10(7)9/h2,4H,9H2,1H3. The fourth-order valence-corrected chi connectivity index (χ4v) is 0.823. The van der Waals surface area contributed by atoms with Gasteiger partial charge in [0.1, 0.15) is 11.8 Å². The molecule has 0 atom stereocenters. The van der Waals surface area contributed by atoms with Crippen LogP contribution in [0.3, 0.4) is 0 Å². The van der Waals surface area contributed by atoms with Crippen molar-refractivity contribution in [3.8, 4) is 6.07 Å². The fourth-order valence-electron chi connectivity index (χ4n) is 0.823. The van der Waals surface area contributed by atoms with Gasteiger partial charge in [-0.3, -0.25) is 9.47 Å². The molecule has 0 saturated carbocycles. The number of nitrogen functional groups attached to an aromatic ring is 1. The van der Waals surface area contributed by atoms with Crippen LogP contribution >= 0.6 is 0 Å². The summed E-state index contributed by atoms with van der Waals surface area (Å²) >= 11 is 0. The average molecular weight is 149 g/mol. The van der Waals surface area contributed by atoms with Crippen molar-refractivity contribution in [2.75, 3.05) is 5.84 Å². The van der Waals surface area contributed by atoms with Crippen molar-refractivity contribution in [2.24, 2.45) is 0 Å². The van der Waals surface area contributed by atoms with Gasteiger partial charge in [-0.25, -0.2) is 0 Å². The van der Waals surface area contributed by atoms with Crippen LogP contribution < -0.4 is 5.84 Å². The van der Waals surface area contributed by atoms with E-state index in [0.29, 0.717) is 11.3 Å². The number of hydrogen-bond acceptors (Lipinski definition) is 3. The number of nitrogens with two attached hydrogens (primary N) is 1. The van der Waals surface area contributed by atoms with Crippen LogP contribution in [0.25, 0.3) is 0 Å². The lowest BCUT2D eigenvalue weighted by molar-refractivity contribution is 0.101. The van der Waals surface area contributed by atoms with E-state index < -0.39 is 0 Å². The van der Waals surface area contributed by atoms with Crippen molar-refractivity contribution in [1.82, 2.24) is 4.68 Å². The van der Waals surface area contributed by atoms with E-state index in [2.05, 4.69) is 0 Å². The van der Waals surface area contributed by atoms with Crippen molar-refractivity contribution in [2.45, 2.75) is 6.92 Å². The number of carbonyl (C=O) groups excluding carboxylic acids is 1. The maximum Gasteiger partial charge on any atom is 0.178 e. The Morgan fingerprint density at radius 2 is 2.45 bits per heavy atom. The number of hydrogen-bond donors (Lipinski definition) is 1. The fraction of sp³-hybridized carbons (Fsp3) is 0.143. The molecule has 0 aliphatic heterocycles. The first-order chi connectivity index (χ1) is 5.15. The topological polar surface area (TPSA) is 71.8 Å². The van der Waals surface area contributed by atoms with Gasteiger partial charge in [-0.15, -0.1) is 0 Å². The summed E-state index contributed by atoms with van der Waals surface area (Å²) in [5, 5.41) is 8.43. The van der Waals surface area contributed by atoms with Gasteiger partial charge in [-0.05, 0) is 6.07 Å². The molecular formula is C7H7N3O. The maximum absolute atomic E-state index is 10.8. The van der Waals surface area contributed by atoms with Crippen LogP contribution in [0.2, 0.25) is 0 Å². The van der Waals surface area contributed by atoms with Crippen LogP contribution in [-0.4, -0.2) is 10.5 Å². The van der Waals surface area contributed by atoms with Gasteiger partial charge in [-0.2, -0.15) is 5.26 Å². The van der Waals surface area contributed by atoms with Gasteiger partial charge >= 0.3 is 0 Å². The molecule has 56 valence electrons. The Balaban J connectivity index is 3.20. The number of aromatic nitrogens is 1. The maximum atomic E-state index is 10.8. The Labute approximate surface area is 63.8 Å². The lowest BCUT2D eigenvalue weighted by atomic mass is 10.3. The van der Waals surface area contributed by atoms with E-state index in [-0.39, 0.29) is 5.78 Å². The van der Waals surface area contributed by atoms with E-state index in [0.717, 1.165) is 4.68 Å². The Bertz CT molecular complexity index is 332. The van der Waals surface area contributed by atoms with Crippen LogP contribution in [0.15, 0.2) is 12.3 Å². The van der Waals surface area contributed by atoms with Gasteiger partial charge in [0.25, 0.3) is 0 Å². The molecule has 1 aromatic rings. The number of Topliss-reactive ketones (excluding diaryl/α,β-unsaturated/α-hetero) is 1. The second-order valence-corrected chi connectivity index (χ2v) is 2.19. The predicted octanol–water partition coefficient (Wildman–Crippen LogP) is 0.276. The number of ketones is 1. The first kappa shape index (κ1) is 7.35. The van der Waals surface area contributed by atoms with E-state index in [1.54, 1.807) is 0 Å². The van der Waals surface area contributed by atoms with E-state index in [4.69, 9.17) is 11.1 Å². The molecule has 11 heavy (non-hydrogen) atoms. The van der Waals surface area contributed by atoms with Crippen molar-refractivity contribution >= 4 is 5.78 Å². The van der Waals surface area contributed by atoms with E-state index >= 15 is 0 Å². The minimum absolute atomic E-state index is 0.144. The molecule has 4 heteroatoms. The number of carbonyl (C=O) groups is 1. The van der Waals surface area contributed by atoms with Crippen molar-refractivity contribution in [1.29, 1.82) is 5.26 Å². The summed E-state index contributed by atoms with van der Waals surface area (Å²) in [4.78, 5) is 10.8. The molecule has 0 unspecified atom stereocenters. The Morgan fingerprint density at radius 1 is 1.82 bits per heavy atom. The molecule has 0 bridgehead atoms. The summed E-state index contributed by atoms with van der Waals surface area (Å²) in [5.41, 5.74) is 0.749. The molecule has 0 amide bonds. The monoisotopic (exact) mass is 149 g/mol. The molecule has 1 aromatic heterocycles. The van der Waals surface area contributed by atoms with Gasteiger partial charge in [0.05, 0.1) is 5.56 Å². The molecule has 0 aliphatic rings. The summed E-state index contributed by atoms with van der Waals surface area (Å²) in [6.07, 6.45) is 1.41. The third-order valence-electron chi connectivity index (χ3n) is 1.34. The zero-order valence-electron chi connectivity index (χ0n) is 6.03. The predicted molar refractivity (Wildman–Crippen MR) is 39.3 cm³/mol. The summed E-state index contributed by atoms with van der Waals surface area (Å²) in [5.74, 6) is 5.22. The SMILES string of the molecule is CC(=O)c1cc(C#N)cn1N. The molecule has 0 fully saturated rings. The third kappa shape index (κ3) is 1.22. The minimum Gasteiger partial charge on any atom is -0.339 e. The highest BCUT2D eigenvalue weighted by Gasteiger charge is 2.06. The smallest absolute Gasteiger partial charge is 0.178 e. The van der Waals surface area contributed by atoms with Crippen LogP contribution in [0, 0.1) is 11.3 Å². The average Bonchev–Trinajstić information content (AvgIpc) is 2.30. The highest BCUT2D eigenvalue weighted by atomic mass is 16.1. The Kier molecular flexibility index (Phi) is 1.65. The highest BCUT2D eigenvalue weighted by Crippen LogP contribution is 2.04. The van der Waals surface area contributed by atoms with Crippen molar-refractivity contribution in [3.05, 3.63) is 23.5 Å². The number of nitriles is 1. The third-order valence-corrected chi connectivity index (χ3v) is 1.34. The first-order valence-electron chi connectivity index (χ1n) is 3.03. The highest BCUT2D eigenvalue weighted by molar-refractivity contribution is 5.93. The van der Waals surface area contributed by atoms with E-state index in [9.17, 15) is 4.79 Å². The minimum atomic E-state index is -0.144.